The Kier molecular flexibility index (Phi) is 1.84. The largest absolute Gasteiger partial charge is 0.256 e. The number of halogens is 1. The summed E-state index contributed by atoms with van der Waals surface area (Å²) in [5.74, 6) is -1.18. The van der Waals surface area contributed by atoms with E-state index in [-0.39, 0.29) is 21.9 Å². The van der Waals surface area contributed by atoms with Crippen molar-refractivity contribution in [3.63, 3.8) is 0 Å². The molecule has 0 amide bonds. The first kappa shape index (κ1) is 8.21. The molecule has 112 valence electrons. The number of aromatic nitrogens is 1. The fraction of sp³-hybridized carbons (Fsp3) is 0.0952. The van der Waals surface area contributed by atoms with E-state index in [9.17, 15) is 4.39 Å². The minimum Gasteiger partial charge on any atom is -0.256 e. The lowest BCUT2D eigenvalue weighted by atomic mass is 9.97. The van der Waals surface area contributed by atoms with Crippen LogP contribution in [-0.4, -0.2) is 4.98 Å². The predicted octanol–water partition coefficient (Wildman–Crippen LogP) is 5.81. The zero-order valence-electron chi connectivity index (χ0n) is 19.6. The molecule has 2 heteroatoms. The lowest BCUT2D eigenvalue weighted by Gasteiger charge is -2.10. The van der Waals surface area contributed by atoms with Crippen molar-refractivity contribution in [1.29, 1.82) is 0 Å². The molecule has 1 aromatic heterocycles. The third-order valence-electron chi connectivity index (χ3n) is 3.72. The Bertz CT molecular complexity index is 1380. The molecule has 4 rings (SSSR count). The fourth-order valence-electron chi connectivity index (χ4n) is 2.82. The van der Waals surface area contributed by atoms with Crippen LogP contribution < -0.4 is 0 Å². The number of pyridine rings is 1. The monoisotopic (exact) mass is 308 g/mol. The van der Waals surface area contributed by atoms with E-state index < -0.39 is 53.6 Å². The van der Waals surface area contributed by atoms with E-state index in [1.165, 1.54) is 0 Å². The predicted molar refractivity (Wildman–Crippen MR) is 94.1 cm³/mol. The molecular formula is C21H16FN. The molecule has 23 heavy (non-hydrogen) atoms. The number of hydrogen-bond acceptors (Lipinski definition) is 1. The summed E-state index contributed by atoms with van der Waals surface area (Å²) >= 11 is 0. The molecule has 1 nitrogen and oxygen atoms in total. The van der Waals surface area contributed by atoms with E-state index >= 15 is 0 Å². The highest BCUT2D eigenvalue weighted by Crippen LogP contribution is 2.33. The van der Waals surface area contributed by atoms with E-state index in [0.717, 1.165) is 11.1 Å². The van der Waals surface area contributed by atoms with Crippen molar-refractivity contribution in [3.05, 3.63) is 77.6 Å². The summed E-state index contributed by atoms with van der Waals surface area (Å²) < 4.78 is 72.2. The van der Waals surface area contributed by atoms with Gasteiger partial charge in [-0.25, -0.2) is 4.39 Å². The molecule has 0 aliphatic rings. The highest BCUT2D eigenvalue weighted by Gasteiger charge is 2.10. The van der Waals surface area contributed by atoms with Crippen LogP contribution in [0.3, 0.4) is 0 Å². The van der Waals surface area contributed by atoms with Gasteiger partial charge in [0.15, 0.2) is 0 Å². The van der Waals surface area contributed by atoms with Gasteiger partial charge in [-0.15, -0.1) is 0 Å². The Balaban J connectivity index is 2.37. The summed E-state index contributed by atoms with van der Waals surface area (Å²) in [5.41, 5.74) is 2.60. The van der Waals surface area contributed by atoms with Crippen LogP contribution in [0.5, 0.6) is 0 Å². The topological polar surface area (TPSA) is 12.9 Å². The van der Waals surface area contributed by atoms with E-state index in [2.05, 4.69) is 4.98 Å². The second-order valence-corrected chi connectivity index (χ2v) is 5.51. The standard InChI is InChI=1S/C21H16FN/c1-13-10-14(2)12-15(11-13)21-19-7-6-18-16(4-3-5-20(18)22)17(19)8-9-23-21/h3-12H,1-2H3/i3D,4D,5D,6D,7D,8D,9D. The Morgan fingerprint density at radius 1 is 0.826 bits per heavy atom. The number of rotatable bonds is 1. The molecule has 0 saturated carbocycles. The molecule has 0 unspecified atom stereocenters. The van der Waals surface area contributed by atoms with Gasteiger partial charge in [-0.2, -0.15) is 0 Å². The van der Waals surface area contributed by atoms with Crippen molar-refractivity contribution in [2.24, 2.45) is 0 Å². The Morgan fingerprint density at radius 3 is 2.30 bits per heavy atom. The molecular weight excluding hydrogens is 285 g/mol. The summed E-state index contributed by atoms with van der Waals surface area (Å²) in [6, 6.07) is 2.17. The van der Waals surface area contributed by atoms with Gasteiger partial charge in [-0.05, 0) is 48.8 Å². The third-order valence-corrected chi connectivity index (χ3v) is 3.72. The normalized spacial score (nSPS) is 15.5. The number of benzene rings is 3. The molecule has 0 atom stereocenters. The maximum Gasteiger partial charge on any atom is 0.131 e. The number of hydrogen-bond donors (Lipinski definition) is 0. The van der Waals surface area contributed by atoms with Gasteiger partial charge >= 0.3 is 0 Å². The molecule has 1 heterocycles. The number of nitrogens with zero attached hydrogens (tertiary/aromatic N) is 1. The number of fused-ring (bicyclic) bond motifs is 3. The van der Waals surface area contributed by atoms with Gasteiger partial charge in [0.05, 0.1) is 15.3 Å². The van der Waals surface area contributed by atoms with Crippen LogP contribution in [0.15, 0.2) is 60.6 Å². The zero-order chi connectivity index (χ0) is 22.1. The lowest BCUT2D eigenvalue weighted by Crippen LogP contribution is -1.90. The van der Waals surface area contributed by atoms with Gasteiger partial charge in [0, 0.05) is 22.5 Å². The summed E-state index contributed by atoms with van der Waals surface area (Å²) in [6.07, 6.45) is -0.420. The van der Waals surface area contributed by atoms with Crippen LogP contribution in [0, 0.1) is 19.7 Å². The van der Waals surface area contributed by atoms with Crippen molar-refractivity contribution in [2.75, 3.05) is 0 Å². The maximum absolute atomic E-state index is 14.9. The summed E-state index contributed by atoms with van der Waals surface area (Å²) in [5, 5.41) is -0.680. The second-order valence-electron chi connectivity index (χ2n) is 5.51. The van der Waals surface area contributed by atoms with Crippen LogP contribution in [0.4, 0.5) is 4.39 Å². The van der Waals surface area contributed by atoms with Crippen LogP contribution in [0.1, 0.15) is 20.7 Å². The van der Waals surface area contributed by atoms with Crippen molar-refractivity contribution in [3.8, 4) is 11.3 Å². The van der Waals surface area contributed by atoms with Crippen LogP contribution in [-0.2, 0) is 0 Å². The minimum atomic E-state index is -1.18. The van der Waals surface area contributed by atoms with Crippen molar-refractivity contribution in [2.45, 2.75) is 13.8 Å². The minimum absolute atomic E-state index is 0.0588. The van der Waals surface area contributed by atoms with Crippen LogP contribution >= 0.6 is 0 Å². The molecule has 3 aromatic carbocycles. The SMILES string of the molecule is [2H]c1nc(-c2cc(C)cc(C)c2)c2c([2H])c([2H])c3c(F)c([2H])c([2H])c([2H])c3c2c1[2H]. The average molecular weight is 308 g/mol. The highest BCUT2D eigenvalue weighted by atomic mass is 19.1. The molecule has 0 aliphatic heterocycles. The van der Waals surface area contributed by atoms with E-state index in [1.807, 2.05) is 19.9 Å². The van der Waals surface area contributed by atoms with Gasteiger partial charge in [-0.3, -0.25) is 4.98 Å². The fourth-order valence-corrected chi connectivity index (χ4v) is 2.82. The average Bonchev–Trinajstić information content (AvgIpc) is 2.68. The first-order chi connectivity index (χ1) is 14.0. The van der Waals surface area contributed by atoms with Gasteiger partial charge in [0.25, 0.3) is 0 Å². The molecule has 0 spiro atoms. The number of aryl methyl sites for hydroxylation is 2. The maximum atomic E-state index is 14.9. The highest BCUT2D eigenvalue weighted by molar-refractivity contribution is 6.11. The van der Waals surface area contributed by atoms with E-state index in [1.54, 1.807) is 12.1 Å². The first-order valence-corrected chi connectivity index (χ1v) is 7.12. The Labute approximate surface area is 144 Å². The molecule has 0 N–H and O–H groups in total. The van der Waals surface area contributed by atoms with Crippen molar-refractivity contribution in [1.82, 2.24) is 4.98 Å². The van der Waals surface area contributed by atoms with E-state index in [4.69, 9.17) is 9.60 Å². The molecule has 0 radical (unpaired) electrons. The van der Waals surface area contributed by atoms with Crippen molar-refractivity contribution >= 4 is 21.5 Å². The summed E-state index contributed by atoms with van der Waals surface area (Å²) in [4.78, 5) is 4.19. The Hall–Kier alpha value is -2.74. The van der Waals surface area contributed by atoms with E-state index in [0.29, 0.717) is 5.56 Å². The zero-order valence-corrected chi connectivity index (χ0v) is 12.6. The van der Waals surface area contributed by atoms with Crippen LogP contribution in [0.2, 0.25) is 0 Å². The van der Waals surface area contributed by atoms with Crippen LogP contribution in [0.25, 0.3) is 32.8 Å². The van der Waals surface area contributed by atoms with Gasteiger partial charge in [-0.1, -0.05) is 41.4 Å². The third kappa shape index (κ3) is 2.27. The molecule has 0 saturated heterocycles. The molecule has 0 aliphatic carbocycles. The summed E-state index contributed by atoms with van der Waals surface area (Å²) in [6.45, 7) is 3.76. The molecule has 4 aromatic rings. The van der Waals surface area contributed by atoms with Crippen molar-refractivity contribution < 1.29 is 14.0 Å². The van der Waals surface area contributed by atoms with Gasteiger partial charge in [0.1, 0.15) is 5.82 Å². The molecule has 0 fully saturated rings. The van der Waals surface area contributed by atoms with Gasteiger partial charge < -0.3 is 0 Å². The smallest absolute Gasteiger partial charge is 0.131 e. The lowest BCUT2D eigenvalue weighted by molar-refractivity contribution is 0.640. The Morgan fingerprint density at radius 2 is 1.52 bits per heavy atom. The quantitative estimate of drug-likeness (QED) is 0.404. The summed E-state index contributed by atoms with van der Waals surface area (Å²) in [7, 11) is 0. The molecule has 0 bridgehead atoms. The van der Waals surface area contributed by atoms with Gasteiger partial charge in [0.2, 0.25) is 0 Å². The first-order valence-electron chi connectivity index (χ1n) is 10.6. The second kappa shape index (κ2) is 5.17.